The summed E-state index contributed by atoms with van der Waals surface area (Å²) in [7, 11) is 1.47. The minimum atomic E-state index is -1.11. The largest absolute Gasteiger partial charge is 0.491 e. The van der Waals surface area contributed by atoms with Gasteiger partial charge in [0.2, 0.25) is 5.91 Å². The van der Waals surface area contributed by atoms with Crippen LogP contribution in [-0.4, -0.2) is 67.9 Å². The summed E-state index contributed by atoms with van der Waals surface area (Å²) in [5.41, 5.74) is 11.7. The van der Waals surface area contributed by atoms with E-state index < -0.39 is 30.6 Å². The van der Waals surface area contributed by atoms with Gasteiger partial charge in [0.25, 0.3) is 0 Å². The zero-order valence-corrected chi connectivity index (χ0v) is 23.4. The molecule has 4 aromatic carbocycles. The Kier molecular flexibility index (Phi) is 9.50. The number of nitrogens with zero attached hydrogens (tertiary/aromatic N) is 1. The number of guanidine groups is 1. The van der Waals surface area contributed by atoms with Crippen LogP contribution < -0.4 is 21.5 Å². The van der Waals surface area contributed by atoms with E-state index in [4.69, 9.17) is 30.4 Å². The number of nitrogens with two attached hydrogens (primary N) is 2. The van der Waals surface area contributed by atoms with Gasteiger partial charge in [-0.15, -0.1) is 0 Å². The van der Waals surface area contributed by atoms with Gasteiger partial charge in [0.15, 0.2) is 12.2 Å². The van der Waals surface area contributed by atoms with Crippen LogP contribution in [0.5, 0.6) is 5.75 Å². The van der Waals surface area contributed by atoms with Gasteiger partial charge in [-0.05, 0) is 45.3 Å². The van der Waals surface area contributed by atoms with Crippen molar-refractivity contribution in [1.82, 2.24) is 5.32 Å². The molecule has 0 unspecified atom stereocenters. The molecule has 0 aliphatic carbocycles. The molecule has 0 aromatic heterocycles. The highest BCUT2D eigenvalue weighted by Gasteiger charge is 2.47. The van der Waals surface area contributed by atoms with Crippen molar-refractivity contribution in [1.29, 1.82) is 0 Å². The summed E-state index contributed by atoms with van der Waals surface area (Å²) in [5.74, 6) is 0.204. The van der Waals surface area contributed by atoms with Gasteiger partial charge < -0.3 is 40.8 Å². The van der Waals surface area contributed by atoms with Crippen molar-refractivity contribution in [2.24, 2.45) is 16.5 Å². The number of methoxy groups -OCH3 is 1. The fourth-order valence-electron chi connectivity index (χ4n) is 5.12. The molecule has 42 heavy (non-hydrogen) atoms. The number of amides is 1. The molecule has 6 N–H and O–H groups in total. The number of hydrogen-bond acceptors (Lipinski definition) is 7. The third-order valence-electron chi connectivity index (χ3n) is 7.27. The third-order valence-corrected chi connectivity index (χ3v) is 7.27. The van der Waals surface area contributed by atoms with Crippen molar-refractivity contribution >= 4 is 33.4 Å². The van der Waals surface area contributed by atoms with Gasteiger partial charge in [-0.1, -0.05) is 66.7 Å². The summed E-state index contributed by atoms with van der Waals surface area (Å²) in [4.78, 5) is 16.7. The number of ether oxygens (including phenoxy) is 4. The third kappa shape index (κ3) is 7.15. The molecule has 1 amide bonds. The molecular weight excluding hydrogens is 536 g/mol. The van der Waals surface area contributed by atoms with Crippen molar-refractivity contribution in [3.8, 4) is 5.75 Å². The van der Waals surface area contributed by atoms with Crippen LogP contribution >= 0.6 is 0 Å². The first-order valence-electron chi connectivity index (χ1n) is 13.8. The first-order valence-corrected chi connectivity index (χ1v) is 13.8. The van der Waals surface area contributed by atoms with E-state index in [2.05, 4.69) is 10.3 Å². The number of rotatable bonds is 11. The normalized spacial score (nSPS) is 22.1. The highest BCUT2D eigenvalue weighted by molar-refractivity contribution is 5.84. The molecule has 1 saturated heterocycles. The number of aliphatic imine (C=N–C) groups is 1. The van der Waals surface area contributed by atoms with Crippen molar-refractivity contribution in [2.45, 2.75) is 43.7 Å². The number of carbonyl (C=O) groups is 1. The minimum Gasteiger partial charge on any atom is -0.491 e. The van der Waals surface area contributed by atoms with Crippen LogP contribution in [-0.2, 0) is 25.6 Å². The lowest BCUT2D eigenvalue weighted by Crippen LogP contribution is -2.65. The van der Waals surface area contributed by atoms with Crippen LogP contribution in [0, 0.1) is 0 Å². The summed E-state index contributed by atoms with van der Waals surface area (Å²) in [6, 6.07) is 27.1. The Morgan fingerprint density at radius 1 is 0.952 bits per heavy atom. The van der Waals surface area contributed by atoms with Gasteiger partial charge in [0.1, 0.15) is 36.7 Å². The van der Waals surface area contributed by atoms with E-state index in [1.54, 1.807) is 0 Å². The zero-order valence-electron chi connectivity index (χ0n) is 23.4. The Bertz CT molecular complexity index is 1540. The van der Waals surface area contributed by atoms with Crippen molar-refractivity contribution in [2.75, 3.05) is 20.3 Å². The molecule has 1 aliphatic heterocycles. The summed E-state index contributed by atoms with van der Waals surface area (Å²) in [6.07, 6.45) is -3.65. The lowest BCUT2D eigenvalue weighted by Gasteiger charge is -2.44. The molecule has 0 radical (unpaired) electrons. The Labute approximate surface area is 244 Å². The molecule has 4 aromatic rings. The minimum absolute atomic E-state index is 0.0346. The van der Waals surface area contributed by atoms with Gasteiger partial charge in [-0.3, -0.25) is 9.79 Å². The molecule has 5 atom stereocenters. The summed E-state index contributed by atoms with van der Waals surface area (Å²) < 4.78 is 24.2. The van der Waals surface area contributed by atoms with Crippen LogP contribution in [0.25, 0.3) is 21.5 Å². The maximum absolute atomic E-state index is 12.8. The number of aliphatic hydroxyl groups excluding tert-OH is 1. The fourth-order valence-corrected chi connectivity index (χ4v) is 5.12. The van der Waals surface area contributed by atoms with E-state index in [1.165, 1.54) is 7.11 Å². The standard InChI is InChI=1S/C32H36N4O6/c1-39-30-28(36-27(37)14-15-35-32(33)34)31(41-18-20-10-11-21-6-2-4-8-23(21)16-20)42-26(29(30)38)19-40-25-13-12-22-7-3-5-9-24(22)17-25/h2-13,16-17,26,28-31,38H,14-15,18-19H2,1H3,(H,36,37)(H4,33,34,35)/t26-,28-,29-,30-,31-/m1/s1. The molecule has 5 rings (SSSR count). The number of hydrogen-bond donors (Lipinski definition) is 4. The predicted octanol–water partition coefficient (Wildman–Crippen LogP) is 2.84. The lowest BCUT2D eigenvalue weighted by atomic mass is 9.96. The quantitative estimate of drug-likeness (QED) is 0.158. The predicted molar refractivity (Wildman–Crippen MR) is 161 cm³/mol. The smallest absolute Gasteiger partial charge is 0.222 e. The Morgan fingerprint density at radius 3 is 2.31 bits per heavy atom. The maximum atomic E-state index is 12.8. The molecule has 1 aliphatic rings. The number of aliphatic hydroxyl groups is 1. The first-order chi connectivity index (χ1) is 20.4. The first kappa shape index (κ1) is 29.3. The summed E-state index contributed by atoms with van der Waals surface area (Å²) >= 11 is 0. The van der Waals surface area contributed by atoms with E-state index in [9.17, 15) is 9.90 Å². The lowest BCUT2D eigenvalue weighted by molar-refractivity contribution is -0.275. The molecule has 0 saturated carbocycles. The molecular formula is C32H36N4O6. The maximum Gasteiger partial charge on any atom is 0.222 e. The highest BCUT2D eigenvalue weighted by Crippen LogP contribution is 2.28. The van der Waals surface area contributed by atoms with Gasteiger partial charge in [-0.2, -0.15) is 0 Å². The second-order valence-electron chi connectivity index (χ2n) is 10.2. The van der Waals surface area contributed by atoms with E-state index in [0.29, 0.717) is 5.75 Å². The Balaban J connectivity index is 1.32. The Hall–Kier alpha value is -4.22. The molecule has 10 nitrogen and oxygen atoms in total. The summed E-state index contributed by atoms with van der Waals surface area (Å²) in [5, 5.41) is 18.5. The fraction of sp³-hybridized carbons (Fsp3) is 0.312. The van der Waals surface area contributed by atoms with Gasteiger partial charge >= 0.3 is 0 Å². The van der Waals surface area contributed by atoms with E-state index in [0.717, 1.165) is 27.1 Å². The van der Waals surface area contributed by atoms with Crippen molar-refractivity contribution < 1.29 is 28.8 Å². The number of benzene rings is 4. The molecule has 0 spiro atoms. The topological polar surface area (TPSA) is 151 Å². The summed E-state index contributed by atoms with van der Waals surface area (Å²) in [6.45, 7) is 0.369. The highest BCUT2D eigenvalue weighted by atomic mass is 16.7. The average Bonchev–Trinajstić information content (AvgIpc) is 3.00. The molecule has 1 heterocycles. The van der Waals surface area contributed by atoms with Crippen molar-refractivity contribution in [3.63, 3.8) is 0 Å². The SMILES string of the molecule is CO[C@H]1[C@H](O)[C@@H](COc2ccc3ccccc3c2)O[C@@H](OCc2ccc3ccccc3c2)[C@@H]1NC(=O)CCN=C(N)N. The zero-order chi connectivity index (χ0) is 29.5. The molecule has 0 bridgehead atoms. The number of carbonyl (C=O) groups excluding carboxylic acids is 1. The van der Waals surface area contributed by atoms with Crippen LogP contribution in [0.3, 0.4) is 0 Å². The molecule has 10 heteroatoms. The van der Waals surface area contributed by atoms with Crippen LogP contribution in [0.1, 0.15) is 12.0 Å². The van der Waals surface area contributed by atoms with E-state index in [1.807, 2.05) is 84.9 Å². The van der Waals surface area contributed by atoms with Crippen LogP contribution in [0.15, 0.2) is 89.9 Å². The monoisotopic (exact) mass is 572 g/mol. The van der Waals surface area contributed by atoms with Gasteiger partial charge in [0, 0.05) is 13.5 Å². The second-order valence-corrected chi connectivity index (χ2v) is 10.2. The van der Waals surface area contributed by atoms with Gasteiger partial charge in [-0.25, -0.2) is 0 Å². The molecule has 1 fully saturated rings. The van der Waals surface area contributed by atoms with Gasteiger partial charge in [0.05, 0.1) is 13.2 Å². The Morgan fingerprint density at radius 2 is 1.62 bits per heavy atom. The number of nitrogens with one attached hydrogen (secondary N) is 1. The number of fused-ring (bicyclic) bond motifs is 2. The van der Waals surface area contributed by atoms with Crippen LogP contribution in [0.2, 0.25) is 0 Å². The van der Waals surface area contributed by atoms with Crippen LogP contribution in [0.4, 0.5) is 0 Å². The van der Waals surface area contributed by atoms with E-state index in [-0.39, 0.29) is 38.0 Å². The molecule has 220 valence electrons. The second kappa shape index (κ2) is 13.6. The van der Waals surface area contributed by atoms with Crippen molar-refractivity contribution in [3.05, 3.63) is 90.5 Å². The van der Waals surface area contributed by atoms with E-state index >= 15 is 0 Å². The average molecular weight is 573 g/mol.